The van der Waals surface area contributed by atoms with Crippen molar-refractivity contribution in [3.63, 3.8) is 0 Å². The van der Waals surface area contributed by atoms with Gasteiger partial charge in [0.25, 0.3) is 0 Å². The van der Waals surface area contributed by atoms with E-state index in [0.717, 1.165) is 72.6 Å². The van der Waals surface area contributed by atoms with Gasteiger partial charge in [-0.25, -0.2) is 4.98 Å². The van der Waals surface area contributed by atoms with Gasteiger partial charge < -0.3 is 19.4 Å². The fourth-order valence-electron chi connectivity index (χ4n) is 10.8. The van der Waals surface area contributed by atoms with Crippen LogP contribution in [0.3, 0.4) is 0 Å². The Morgan fingerprint density at radius 3 is 1.75 bits per heavy atom. The van der Waals surface area contributed by atoms with Crippen molar-refractivity contribution in [3.8, 4) is 17.1 Å². The second-order valence-electron chi connectivity index (χ2n) is 18.4. The minimum absolute atomic E-state index is 0. The Bertz CT molecular complexity index is 3750. The van der Waals surface area contributed by atoms with Gasteiger partial charge >= 0.3 is 21.1 Å². The molecular weight excluding hydrogens is 997 g/mol. The summed E-state index contributed by atoms with van der Waals surface area (Å²) in [6.07, 6.45) is 3.82. The maximum atomic E-state index is 4.98. The maximum absolute atomic E-state index is 4.98. The molecule has 5 heterocycles. The molecule has 0 atom stereocenters. The molecule has 2 aliphatic rings. The molecule has 0 N–H and O–H groups in total. The van der Waals surface area contributed by atoms with Crippen LogP contribution in [0.2, 0.25) is 0 Å². The summed E-state index contributed by atoms with van der Waals surface area (Å²) in [5, 5.41) is 7.07. The number of benzene rings is 8. The van der Waals surface area contributed by atoms with E-state index in [1.165, 1.54) is 49.5 Å². The molecule has 67 heavy (non-hydrogen) atoms. The Labute approximate surface area is 405 Å². The molecule has 0 unspecified atom stereocenters. The number of hydrogen-bond acceptors (Lipinski definition) is 4. The first kappa shape index (κ1) is 41.2. The van der Waals surface area contributed by atoms with Crippen LogP contribution in [0.5, 0.6) is 0 Å². The van der Waals surface area contributed by atoms with Gasteiger partial charge in [0.2, 0.25) is 6.71 Å². The summed E-state index contributed by atoms with van der Waals surface area (Å²) in [6, 6.07) is 70.4. The molecule has 0 amide bonds. The molecule has 0 radical (unpaired) electrons. The summed E-state index contributed by atoms with van der Waals surface area (Å²) < 4.78 is 2.29. The number of fused-ring (bicyclic) bond motifs is 9. The summed E-state index contributed by atoms with van der Waals surface area (Å²) >= 11 is 0. The molecule has 2 aliphatic heterocycles. The second kappa shape index (κ2) is 16.0. The van der Waals surface area contributed by atoms with Gasteiger partial charge in [0.05, 0.1) is 0 Å². The number of para-hydroxylation sites is 1. The zero-order valence-electron chi connectivity index (χ0n) is 37.6. The molecule has 0 bridgehead atoms. The van der Waals surface area contributed by atoms with Crippen LogP contribution in [0.15, 0.2) is 182 Å². The fourth-order valence-corrected chi connectivity index (χ4v) is 10.8. The molecule has 3 aromatic heterocycles. The van der Waals surface area contributed by atoms with Crippen molar-refractivity contribution in [2.45, 2.75) is 39.5 Å². The number of pyridine rings is 2. The first-order valence-electron chi connectivity index (χ1n) is 23.1. The van der Waals surface area contributed by atoms with Crippen molar-refractivity contribution in [2.75, 3.05) is 9.80 Å². The third-order valence-electron chi connectivity index (χ3n) is 14.0. The van der Waals surface area contributed by atoms with Crippen molar-refractivity contribution >= 4 is 101 Å². The van der Waals surface area contributed by atoms with Gasteiger partial charge in [-0.05, 0) is 98.9 Å². The van der Waals surface area contributed by atoms with Gasteiger partial charge in [-0.2, -0.15) is 11.5 Å². The fraction of sp³-hybridized carbons (Fsp3) is 0.100. The van der Waals surface area contributed by atoms with Crippen LogP contribution in [0.25, 0.3) is 60.4 Å². The van der Waals surface area contributed by atoms with Gasteiger partial charge in [-0.15, -0.1) is 40.7 Å². The first-order valence-corrected chi connectivity index (χ1v) is 23.1. The van der Waals surface area contributed by atoms with Crippen molar-refractivity contribution in [3.05, 3.63) is 206 Å². The monoisotopic (exact) mass is 1040 g/mol. The Morgan fingerprint density at radius 2 is 1.07 bits per heavy atom. The van der Waals surface area contributed by atoms with Crippen LogP contribution in [-0.4, -0.2) is 21.2 Å². The zero-order chi connectivity index (χ0) is 44.2. The maximum Gasteiger partial charge on any atom is 2.00 e. The molecule has 0 saturated carbocycles. The largest absolute Gasteiger partial charge is 2.00 e. The van der Waals surface area contributed by atoms with E-state index in [-0.39, 0.29) is 33.7 Å². The molecule has 0 fully saturated rings. The van der Waals surface area contributed by atoms with E-state index in [1.807, 2.05) is 18.5 Å². The molecule has 5 nitrogen and oxygen atoms in total. The summed E-state index contributed by atoms with van der Waals surface area (Å²) in [6.45, 7) is 8.87. The minimum Gasteiger partial charge on any atom is -0.366 e. The first-order chi connectivity index (χ1) is 32.4. The molecule has 0 spiro atoms. The smallest absolute Gasteiger partial charge is 0.366 e. The molecular formula is C60H44BN5Pt. The van der Waals surface area contributed by atoms with Crippen molar-refractivity contribution in [1.82, 2.24) is 14.5 Å². The molecule has 322 valence electrons. The average Bonchev–Trinajstić information content (AvgIpc) is 3.68. The molecule has 11 aromatic rings. The van der Waals surface area contributed by atoms with Gasteiger partial charge in [-0.3, -0.25) is 0 Å². The van der Waals surface area contributed by atoms with E-state index >= 15 is 0 Å². The van der Waals surface area contributed by atoms with Crippen LogP contribution >= 0.6 is 0 Å². The van der Waals surface area contributed by atoms with E-state index in [2.05, 4.69) is 218 Å². The Kier molecular flexibility index (Phi) is 9.81. The number of aromatic nitrogens is 3. The second-order valence-corrected chi connectivity index (χ2v) is 18.4. The van der Waals surface area contributed by atoms with Gasteiger partial charge in [0, 0.05) is 51.4 Å². The molecule has 0 aliphatic carbocycles. The summed E-state index contributed by atoms with van der Waals surface area (Å²) in [4.78, 5) is 15.0. The Balaban J connectivity index is 0.00000468. The topological polar surface area (TPSA) is 37.2 Å². The van der Waals surface area contributed by atoms with E-state index in [9.17, 15) is 0 Å². The van der Waals surface area contributed by atoms with Crippen LogP contribution in [0.1, 0.15) is 50.7 Å². The SMILES string of the molecule is CC(C)c1ccnc(-c2[c-]c3c(cc2)N(c2cccc4ccccc24)c2cc(C(C)C)cc4c2B3c2[c-]c3c(cc2N4c2cccc4ccccc24)c2ccccc2n3-c2ccccn2)c1.[Pt+2]. The van der Waals surface area contributed by atoms with Crippen LogP contribution in [-0.2, 0) is 21.1 Å². The number of anilines is 6. The quantitative estimate of drug-likeness (QED) is 0.123. The zero-order valence-corrected chi connectivity index (χ0v) is 39.9. The summed E-state index contributed by atoms with van der Waals surface area (Å²) in [7, 11) is 0. The Hall–Kier alpha value is -7.27. The third-order valence-corrected chi connectivity index (χ3v) is 14.0. The minimum atomic E-state index is -0.230. The van der Waals surface area contributed by atoms with Crippen molar-refractivity contribution in [1.29, 1.82) is 0 Å². The predicted octanol–water partition coefficient (Wildman–Crippen LogP) is 13.5. The molecule has 7 heteroatoms. The van der Waals surface area contributed by atoms with Crippen molar-refractivity contribution < 1.29 is 21.1 Å². The van der Waals surface area contributed by atoms with Crippen molar-refractivity contribution in [2.24, 2.45) is 0 Å². The average molecular weight is 1040 g/mol. The summed E-state index contributed by atoms with van der Waals surface area (Å²) in [5.74, 6) is 1.49. The van der Waals surface area contributed by atoms with E-state index in [0.29, 0.717) is 5.92 Å². The standard InChI is InChI=1S/C60H44BN5.Pt/c1-37(2)41-28-30-62-50(32-41)42-26-27-54-48(31-42)61-49-36-55-47(46-21-9-10-22-53(46)66(55)59-25-11-12-29-63-59)35-56(49)65(52-24-14-18-40-16-6-8-20-45(40)52)58-34-43(38(3)4)33-57(60(58)61)64(54)51-23-13-17-39-15-5-7-19-44(39)51;/h5-30,32-35,37-38H,1-4H3;/q-2;+2. The number of rotatable bonds is 6. The van der Waals surface area contributed by atoms with Crippen LogP contribution < -0.4 is 26.2 Å². The van der Waals surface area contributed by atoms with Crippen LogP contribution in [0.4, 0.5) is 34.1 Å². The molecule has 8 aromatic carbocycles. The predicted molar refractivity (Wildman–Crippen MR) is 277 cm³/mol. The molecule has 0 saturated heterocycles. The van der Waals surface area contributed by atoms with E-state index in [1.54, 1.807) is 0 Å². The van der Waals surface area contributed by atoms with Crippen LogP contribution in [0, 0.1) is 12.1 Å². The normalized spacial score (nSPS) is 12.8. The summed E-state index contributed by atoms with van der Waals surface area (Å²) in [5.41, 5.74) is 16.7. The molecule has 13 rings (SSSR count). The number of hydrogen-bond donors (Lipinski definition) is 0. The van der Waals surface area contributed by atoms with Gasteiger partial charge in [-0.1, -0.05) is 148 Å². The van der Waals surface area contributed by atoms with E-state index in [4.69, 9.17) is 9.97 Å². The Morgan fingerprint density at radius 1 is 0.463 bits per heavy atom. The van der Waals surface area contributed by atoms with Gasteiger partial charge in [0.15, 0.2) is 0 Å². The number of nitrogens with zero attached hydrogens (tertiary/aromatic N) is 5. The van der Waals surface area contributed by atoms with Gasteiger partial charge in [0.1, 0.15) is 5.82 Å². The van der Waals surface area contributed by atoms with E-state index < -0.39 is 0 Å². The third kappa shape index (κ3) is 6.34.